The van der Waals surface area contributed by atoms with E-state index in [4.69, 9.17) is 16.9 Å². The number of anilines is 1. The first-order chi connectivity index (χ1) is 7.72. The van der Waals surface area contributed by atoms with E-state index in [1.54, 1.807) is 0 Å². The fraction of sp³-hybridized carbons (Fsp3) is 0.417. The second kappa shape index (κ2) is 6.78. The smallest absolute Gasteiger partial charge is 0.0640 e. The molecule has 16 heavy (non-hydrogen) atoms. The molecule has 0 saturated heterocycles. The van der Waals surface area contributed by atoms with Crippen molar-refractivity contribution in [2.75, 3.05) is 18.0 Å². The van der Waals surface area contributed by atoms with Gasteiger partial charge in [-0.05, 0) is 40.5 Å². The molecule has 1 aromatic carbocycles. The predicted molar refractivity (Wildman–Crippen MR) is 71.8 cm³/mol. The number of hydrogen-bond donors (Lipinski definition) is 0. The molecule has 86 valence electrons. The molecule has 2 nitrogen and oxygen atoms in total. The average Bonchev–Trinajstić information content (AvgIpc) is 2.31. The molecule has 0 spiro atoms. The van der Waals surface area contributed by atoms with Crippen LogP contribution in [-0.2, 0) is 5.88 Å². The highest BCUT2D eigenvalue weighted by Crippen LogP contribution is 2.28. The number of halogens is 2. The van der Waals surface area contributed by atoms with Crippen LogP contribution < -0.4 is 4.90 Å². The standard InChI is InChI=1S/C12H14BrClN2/c1-2-16(7-3-6-15)12-5-4-10(9-14)8-11(12)13/h4-5,8H,2-3,7,9H2,1H3. The SMILES string of the molecule is CCN(CCC#N)c1ccc(CCl)cc1Br. The maximum atomic E-state index is 8.60. The van der Waals surface area contributed by atoms with Crippen molar-refractivity contribution < 1.29 is 0 Å². The van der Waals surface area contributed by atoms with Gasteiger partial charge in [-0.1, -0.05) is 6.07 Å². The van der Waals surface area contributed by atoms with E-state index < -0.39 is 0 Å². The van der Waals surface area contributed by atoms with Gasteiger partial charge in [0.15, 0.2) is 0 Å². The average molecular weight is 302 g/mol. The highest BCUT2D eigenvalue weighted by atomic mass is 79.9. The lowest BCUT2D eigenvalue weighted by Gasteiger charge is -2.23. The van der Waals surface area contributed by atoms with Gasteiger partial charge in [-0.2, -0.15) is 5.26 Å². The summed E-state index contributed by atoms with van der Waals surface area (Å²) in [5, 5.41) is 8.60. The highest BCUT2D eigenvalue weighted by Gasteiger charge is 2.08. The van der Waals surface area contributed by atoms with Crippen molar-refractivity contribution >= 4 is 33.2 Å². The fourth-order valence-electron chi connectivity index (χ4n) is 1.52. The summed E-state index contributed by atoms with van der Waals surface area (Å²) >= 11 is 9.31. The second-order valence-electron chi connectivity index (χ2n) is 3.41. The van der Waals surface area contributed by atoms with Crippen LogP contribution in [0.25, 0.3) is 0 Å². The molecule has 0 amide bonds. The largest absolute Gasteiger partial charge is 0.370 e. The maximum Gasteiger partial charge on any atom is 0.0640 e. The topological polar surface area (TPSA) is 27.0 Å². The van der Waals surface area contributed by atoms with Gasteiger partial charge < -0.3 is 4.90 Å². The van der Waals surface area contributed by atoms with Crippen LogP contribution in [0.15, 0.2) is 22.7 Å². The van der Waals surface area contributed by atoms with Crippen molar-refractivity contribution in [3.05, 3.63) is 28.2 Å². The zero-order valence-corrected chi connectivity index (χ0v) is 11.6. The molecule has 0 aromatic heterocycles. The van der Waals surface area contributed by atoms with Crippen LogP contribution in [-0.4, -0.2) is 13.1 Å². The van der Waals surface area contributed by atoms with Crippen molar-refractivity contribution in [1.29, 1.82) is 5.26 Å². The highest BCUT2D eigenvalue weighted by molar-refractivity contribution is 9.10. The summed E-state index contributed by atoms with van der Waals surface area (Å²) in [6, 6.07) is 8.25. The third kappa shape index (κ3) is 3.40. The molecule has 0 aliphatic carbocycles. The molecule has 0 unspecified atom stereocenters. The van der Waals surface area contributed by atoms with Gasteiger partial charge in [0.2, 0.25) is 0 Å². The molecule has 0 heterocycles. The van der Waals surface area contributed by atoms with Gasteiger partial charge in [0, 0.05) is 23.4 Å². The minimum absolute atomic E-state index is 0.517. The molecule has 0 radical (unpaired) electrons. The molecule has 1 aromatic rings. The third-order valence-electron chi connectivity index (χ3n) is 2.38. The number of benzene rings is 1. The number of nitrogens with zero attached hydrogens (tertiary/aromatic N) is 2. The Hall–Kier alpha value is -0.720. The van der Waals surface area contributed by atoms with Crippen LogP contribution in [0.2, 0.25) is 0 Å². The van der Waals surface area contributed by atoms with E-state index in [-0.39, 0.29) is 0 Å². The summed E-state index contributed by atoms with van der Waals surface area (Å²) < 4.78 is 1.03. The lowest BCUT2D eigenvalue weighted by molar-refractivity contribution is 0.825. The van der Waals surface area contributed by atoms with Crippen LogP contribution >= 0.6 is 27.5 Å². The van der Waals surface area contributed by atoms with Crippen LogP contribution in [0.3, 0.4) is 0 Å². The van der Waals surface area contributed by atoms with Crippen LogP contribution in [0.1, 0.15) is 18.9 Å². The Morgan fingerprint density at radius 3 is 2.75 bits per heavy atom. The Kier molecular flexibility index (Phi) is 5.65. The lowest BCUT2D eigenvalue weighted by atomic mass is 10.2. The zero-order chi connectivity index (χ0) is 12.0. The lowest BCUT2D eigenvalue weighted by Crippen LogP contribution is -2.24. The first kappa shape index (κ1) is 13.3. The number of nitriles is 1. The summed E-state index contributed by atoms with van der Waals surface area (Å²) in [4.78, 5) is 2.17. The molecule has 1 rings (SSSR count). The van der Waals surface area contributed by atoms with Crippen LogP contribution in [0.5, 0.6) is 0 Å². The van der Waals surface area contributed by atoms with Crippen LogP contribution in [0, 0.1) is 11.3 Å². The van der Waals surface area contributed by atoms with Crippen molar-refractivity contribution in [2.45, 2.75) is 19.2 Å². The monoisotopic (exact) mass is 300 g/mol. The quantitative estimate of drug-likeness (QED) is 0.771. The van der Waals surface area contributed by atoms with Gasteiger partial charge in [0.25, 0.3) is 0 Å². The van der Waals surface area contributed by atoms with Crippen molar-refractivity contribution in [1.82, 2.24) is 0 Å². The number of alkyl halides is 1. The Bertz CT molecular complexity index is 387. The minimum Gasteiger partial charge on any atom is -0.370 e. The van der Waals surface area contributed by atoms with Gasteiger partial charge in [0.1, 0.15) is 0 Å². The number of hydrogen-bond acceptors (Lipinski definition) is 2. The van der Waals surface area contributed by atoms with Gasteiger partial charge in [-0.3, -0.25) is 0 Å². The van der Waals surface area contributed by atoms with E-state index in [9.17, 15) is 0 Å². The predicted octanol–water partition coefficient (Wildman–Crippen LogP) is 3.93. The molecule has 0 fully saturated rings. The molecule has 0 saturated carbocycles. The summed E-state index contributed by atoms with van der Waals surface area (Å²) in [6.07, 6.45) is 0.539. The summed E-state index contributed by atoms with van der Waals surface area (Å²) in [6.45, 7) is 3.73. The van der Waals surface area contributed by atoms with E-state index >= 15 is 0 Å². The van der Waals surface area contributed by atoms with E-state index in [1.165, 1.54) is 0 Å². The van der Waals surface area contributed by atoms with Crippen molar-refractivity contribution in [3.8, 4) is 6.07 Å². The van der Waals surface area contributed by atoms with Crippen molar-refractivity contribution in [3.63, 3.8) is 0 Å². The third-order valence-corrected chi connectivity index (χ3v) is 3.33. The van der Waals surface area contributed by atoms with Crippen molar-refractivity contribution in [2.24, 2.45) is 0 Å². The van der Waals surface area contributed by atoms with Crippen LogP contribution in [0.4, 0.5) is 5.69 Å². The molecule has 0 aliphatic heterocycles. The Labute approximate surface area is 110 Å². The van der Waals surface area contributed by atoms with Gasteiger partial charge >= 0.3 is 0 Å². The molecule has 0 atom stereocenters. The van der Waals surface area contributed by atoms with Gasteiger partial charge in [-0.25, -0.2) is 0 Å². The van der Waals surface area contributed by atoms with E-state index in [2.05, 4.69) is 33.8 Å². The molecule has 0 aliphatic rings. The molecular weight excluding hydrogens is 288 g/mol. The molecule has 0 N–H and O–H groups in total. The molecular formula is C12H14BrClN2. The fourth-order valence-corrected chi connectivity index (χ4v) is 2.37. The normalized spacial score (nSPS) is 9.88. The summed E-state index contributed by atoms with van der Waals surface area (Å²) in [7, 11) is 0. The van der Waals surface area contributed by atoms with E-state index in [1.807, 2.05) is 18.2 Å². The van der Waals surface area contributed by atoms with Gasteiger partial charge in [-0.15, -0.1) is 11.6 Å². The Balaban J connectivity index is 2.88. The second-order valence-corrected chi connectivity index (χ2v) is 4.53. The first-order valence-corrected chi connectivity index (χ1v) is 6.52. The van der Waals surface area contributed by atoms with E-state index in [0.717, 1.165) is 28.8 Å². The first-order valence-electron chi connectivity index (χ1n) is 5.19. The Morgan fingerprint density at radius 2 is 2.25 bits per heavy atom. The van der Waals surface area contributed by atoms with E-state index in [0.29, 0.717) is 12.3 Å². The molecule has 4 heteroatoms. The Morgan fingerprint density at radius 1 is 1.50 bits per heavy atom. The van der Waals surface area contributed by atoms with Gasteiger partial charge in [0.05, 0.1) is 18.2 Å². The maximum absolute atomic E-state index is 8.60. The minimum atomic E-state index is 0.517. The summed E-state index contributed by atoms with van der Waals surface area (Å²) in [5.41, 5.74) is 2.21. The number of rotatable bonds is 5. The zero-order valence-electron chi connectivity index (χ0n) is 9.21. The molecule has 0 bridgehead atoms. The summed E-state index contributed by atoms with van der Waals surface area (Å²) in [5.74, 6) is 0.517.